The summed E-state index contributed by atoms with van der Waals surface area (Å²) < 4.78 is 8.04. The van der Waals surface area contributed by atoms with Crippen LogP contribution in [0.25, 0.3) is 0 Å². The number of rotatable bonds is 5. The van der Waals surface area contributed by atoms with Crippen LogP contribution in [0.2, 0.25) is 0 Å². The molecule has 6 heteroatoms. The lowest BCUT2D eigenvalue weighted by Crippen LogP contribution is -2.36. The van der Waals surface area contributed by atoms with Crippen LogP contribution < -0.4 is 10.7 Å². The van der Waals surface area contributed by atoms with Crippen molar-refractivity contribution in [2.45, 2.75) is 59.2 Å². The molecule has 0 spiro atoms. The lowest BCUT2D eigenvalue weighted by Gasteiger charge is -2.14. The Bertz CT molecular complexity index is 545. The standard InChI is InChI=1S/C16H26N4OS/c1-11(2)18-16(22)19-17-9-14-8-12(3)20(13(14)4)10-15-6-5-7-21-15/h8-9,11,15H,5-7,10H2,1-4H3,(H2,18,19,22)/b17-9-/t15-/m0/s1. The minimum atomic E-state index is 0.298. The first kappa shape index (κ1) is 17.0. The van der Waals surface area contributed by atoms with Gasteiger partial charge in [0.2, 0.25) is 0 Å². The maximum absolute atomic E-state index is 5.73. The first-order valence-electron chi connectivity index (χ1n) is 7.85. The Hall–Kier alpha value is -1.40. The minimum Gasteiger partial charge on any atom is -0.376 e. The van der Waals surface area contributed by atoms with Crippen molar-refractivity contribution in [2.24, 2.45) is 5.10 Å². The molecule has 5 nitrogen and oxygen atoms in total. The molecule has 1 aliphatic rings. The van der Waals surface area contributed by atoms with Gasteiger partial charge in [-0.3, -0.25) is 5.43 Å². The molecule has 122 valence electrons. The number of aryl methyl sites for hydroxylation is 1. The highest BCUT2D eigenvalue weighted by Crippen LogP contribution is 2.19. The van der Waals surface area contributed by atoms with Gasteiger partial charge in [-0.1, -0.05) is 0 Å². The number of aromatic nitrogens is 1. The lowest BCUT2D eigenvalue weighted by atomic mass is 10.2. The van der Waals surface area contributed by atoms with Gasteiger partial charge in [-0.2, -0.15) is 5.10 Å². The molecular weight excluding hydrogens is 296 g/mol. The average molecular weight is 322 g/mol. The van der Waals surface area contributed by atoms with Gasteiger partial charge in [0.1, 0.15) is 0 Å². The van der Waals surface area contributed by atoms with E-state index in [1.807, 2.05) is 20.1 Å². The van der Waals surface area contributed by atoms with E-state index in [1.54, 1.807) is 0 Å². The van der Waals surface area contributed by atoms with Crippen LogP contribution in [0.5, 0.6) is 0 Å². The first-order chi connectivity index (χ1) is 10.5. The molecule has 0 radical (unpaired) electrons. The van der Waals surface area contributed by atoms with Crippen LogP contribution >= 0.6 is 12.2 Å². The summed E-state index contributed by atoms with van der Waals surface area (Å²) in [4.78, 5) is 0. The largest absolute Gasteiger partial charge is 0.376 e. The van der Waals surface area contributed by atoms with Crippen LogP contribution in [0.4, 0.5) is 0 Å². The number of hydrogen-bond acceptors (Lipinski definition) is 3. The number of hydrogen-bond donors (Lipinski definition) is 2. The van der Waals surface area contributed by atoms with Gasteiger partial charge in [0.15, 0.2) is 5.11 Å². The number of ether oxygens (including phenoxy) is 1. The highest BCUT2D eigenvalue weighted by Gasteiger charge is 2.18. The highest BCUT2D eigenvalue weighted by molar-refractivity contribution is 7.80. The maximum Gasteiger partial charge on any atom is 0.187 e. The molecule has 2 N–H and O–H groups in total. The van der Waals surface area contributed by atoms with E-state index in [9.17, 15) is 0 Å². The van der Waals surface area contributed by atoms with Crippen molar-refractivity contribution in [1.29, 1.82) is 0 Å². The molecule has 0 saturated carbocycles. The SMILES string of the molecule is Cc1cc(/C=N\NC(=S)NC(C)C)c(C)n1C[C@@H]1CCCO1. The lowest BCUT2D eigenvalue weighted by molar-refractivity contribution is 0.0962. The number of nitrogens with one attached hydrogen (secondary N) is 2. The van der Waals surface area contributed by atoms with E-state index < -0.39 is 0 Å². The fraction of sp³-hybridized carbons (Fsp3) is 0.625. The Morgan fingerprint density at radius 3 is 2.95 bits per heavy atom. The average Bonchev–Trinajstić information content (AvgIpc) is 3.02. The molecule has 0 unspecified atom stereocenters. The fourth-order valence-electron chi connectivity index (χ4n) is 2.69. The van der Waals surface area contributed by atoms with Crippen molar-refractivity contribution in [3.63, 3.8) is 0 Å². The molecule has 1 atom stereocenters. The summed E-state index contributed by atoms with van der Waals surface area (Å²) >= 11 is 5.15. The zero-order chi connectivity index (χ0) is 16.1. The van der Waals surface area contributed by atoms with Crippen molar-refractivity contribution in [1.82, 2.24) is 15.3 Å². The summed E-state index contributed by atoms with van der Waals surface area (Å²) in [6, 6.07) is 2.45. The van der Waals surface area contributed by atoms with Crippen molar-refractivity contribution < 1.29 is 4.74 Å². The molecule has 0 amide bonds. The second kappa shape index (κ2) is 7.74. The van der Waals surface area contributed by atoms with Gasteiger partial charge in [-0.15, -0.1) is 0 Å². The summed E-state index contributed by atoms with van der Waals surface area (Å²) in [6.45, 7) is 10.1. The third-order valence-corrected chi connectivity index (χ3v) is 4.02. The first-order valence-corrected chi connectivity index (χ1v) is 8.26. The maximum atomic E-state index is 5.73. The van der Waals surface area contributed by atoms with Crippen LogP contribution in [0, 0.1) is 13.8 Å². The van der Waals surface area contributed by atoms with E-state index in [1.165, 1.54) is 17.8 Å². The smallest absolute Gasteiger partial charge is 0.187 e. The zero-order valence-corrected chi connectivity index (χ0v) is 14.7. The Morgan fingerprint density at radius 1 is 1.55 bits per heavy atom. The summed E-state index contributed by atoms with van der Waals surface area (Å²) in [7, 11) is 0. The van der Waals surface area contributed by atoms with Crippen molar-refractivity contribution in [3.05, 3.63) is 23.0 Å². The minimum absolute atomic E-state index is 0.298. The summed E-state index contributed by atoms with van der Waals surface area (Å²) in [5, 5.41) is 7.85. The van der Waals surface area contributed by atoms with Crippen molar-refractivity contribution in [3.8, 4) is 0 Å². The second-order valence-electron chi connectivity index (χ2n) is 6.07. The van der Waals surface area contributed by atoms with Gasteiger partial charge in [0.25, 0.3) is 0 Å². The van der Waals surface area contributed by atoms with E-state index in [0.717, 1.165) is 25.1 Å². The molecule has 22 heavy (non-hydrogen) atoms. The summed E-state index contributed by atoms with van der Waals surface area (Å²) in [5.74, 6) is 0. The van der Waals surface area contributed by atoms with E-state index in [2.05, 4.69) is 40.3 Å². The molecule has 0 bridgehead atoms. The molecule has 1 aromatic rings. The molecule has 0 aliphatic carbocycles. The van der Waals surface area contributed by atoms with Crippen LogP contribution in [-0.2, 0) is 11.3 Å². The summed E-state index contributed by atoms with van der Waals surface area (Å²) in [6.07, 6.45) is 4.48. The van der Waals surface area contributed by atoms with E-state index in [4.69, 9.17) is 17.0 Å². The fourth-order valence-corrected chi connectivity index (χ4v) is 2.97. The normalized spacial score (nSPS) is 18.3. The molecule has 1 saturated heterocycles. The topological polar surface area (TPSA) is 50.6 Å². The molecule has 1 aliphatic heterocycles. The zero-order valence-electron chi connectivity index (χ0n) is 13.8. The van der Waals surface area contributed by atoms with Gasteiger partial charge in [-0.05, 0) is 58.8 Å². The Kier molecular flexibility index (Phi) is 5.97. The Labute approximate surface area is 138 Å². The molecule has 2 heterocycles. The third kappa shape index (κ3) is 4.55. The predicted octanol–water partition coefficient (Wildman–Crippen LogP) is 2.49. The Morgan fingerprint density at radius 2 is 2.32 bits per heavy atom. The van der Waals surface area contributed by atoms with Crippen LogP contribution in [-0.4, -0.2) is 34.6 Å². The number of thiocarbonyl (C=S) groups is 1. The summed E-state index contributed by atoms with van der Waals surface area (Å²) in [5.41, 5.74) is 6.40. The second-order valence-corrected chi connectivity index (χ2v) is 6.48. The molecule has 1 aromatic heterocycles. The van der Waals surface area contributed by atoms with Crippen molar-refractivity contribution in [2.75, 3.05) is 6.61 Å². The van der Waals surface area contributed by atoms with Crippen molar-refractivity contribution >= 4 is 23.5 Å². The Balaban J connectivity index is 1.98. The van der Waals surface area contributed by atoms with Crippen LogP contribution in [0.15, 0.2) is 11.2 Å². The molecule has 0 aromatic carbocycles. The predicted molar refractivity (Wildman–Crippen MR) is 94.5 cm³/mol. The molecule has 1 fully saturated rings. The highest BCUT2D eigenvalue weighted by atomic mass is 32.1. The molecule has 2 rings (SSSR count). The quantitative estimate of drug-likeness (QED) is 0.497. The molecular formula is C16H26N4OS. The number of nitrogens with zero attached hydrogens (tertiary/aromatic N) is 2. The van der Waals surface area contributed by atoms with Gasteiger partial charge in [0.05, 0.1) is 12.3 Å². The van der Waals surface area contributed by atoms with Gasteiger partial charge < -0.3 is 14.6 Å². The van der Waals surface area contributed by atoms with E-state index >= 15 is 0 Å². The monoisotopic (exact) mass is 322 g/mol. The van der Waals surface area contributed by atoms with Crippen LogP contribution in [0.1, 0.15) is 43.6 Å². The van der Waals surface area contributed by atoms with Gasteiger partial charge in [-0.25, -0.2) is 0 Å². The third-order valence-electron chi connectivity index (χ3n) is 3.81. The van der Waals surface area contributed by atoms with E-state index in [0.29, 0.717) is 17.3 Å². The van der Waals surface area contributed by atoms with Crippen LogP contribution in [0.3, 0.4) is 0 Å². The van der Waals surface area contributed by atoms with Gasteiger partial charge >= 0.3 is 0 Å². The van der Waals surface area contributed by atoms with E-state index in [-0.39, 0.29) is 0 Å². The number of hydrazone groups is 1. The van der Waals surface area contributed by atoms with Gasteiger partial charge in [0, 0.05) is 36.1 Å².